The number of anilines is 1. The maximum Gasteiger partial charge on any atom is 0.335 e. The summed E-state index contributed by atoms with van der Waals surface area (Å²) in [7, 11) is -2.95. The number of halogens is 1. The highest BCUT2D eigenvalue weighted by Crippen LogP contribution is 2.26. The zero-order chi connectivity index (χ0) is 13.3. The lowest BCUT2D eigenvalue weighted by molar-refractivity contribution is 0.0697. The van der Waals surface area contributed by atoms with Crippen LogP contribution >= 0.6 is 11.6 Å². The smallest absolute Gasteiger partial charge is 0.335 e. The van der Waals surface area contributed by atoms with Crippen LogP contribution in [0.1, 0.15) is 16.8 Å². The van der Waals surface area contributed by atoms with Gasteiger partial charge >= 0.3 is 5.97 Å². The molecule has 0 aromatic heterocycles. The van der Waals surface area contributed by atoms with Crippen molar-refractivity contribution in [1.82, 2.24) is 0 Å². The van der Waals surface area contributed by atoms with E-state index in [4.69, 9.17) is 16.7 Å². The molecule has 2 N–H and O–H groups in total. The van der Waals surface area contributed by atoms with Crippen molar-refractivity contribution in [2.24, 2.45) is 0 Å². The summed E-state index contributed by atoms with van der Waals surface area (Å²) in [5, 5.41) is 12.1. The first-order valence-corrected chi connectivity index (χ1v) is 7.57. The molecule has 0 amide bonds. The van der Waals surface area contributed by atoms with Crippen molar-refractivity contribution in [1.29, 1.82) is 0 Å². The number of rotatable bonds is 3. The normalized spacial score (nSPS) is 21.7. The Kier molecular flexibility index (Phi) is 3.49. The number of carbonyl (C=O) groups is 1. The van der Waals surface area contributed by atoms with Crippen molar-refractivity contribution < 1.29 is 18.3 Å². The maximum absolute atomic E-state index is 11.3. The first kappa shape index (κ1) is 13.2. The number of hydrogen-bond donors (Lipinski definition) is 2. The predicted octanol–water partition coefficient (Wildman–Crippen LogP) is 1.64. The Morgan fingerprint density at radius 1 is 1.44 bits per heavy atom. The second-order valence-electron chi connectivity index (χ2n) is 4.24. The third kappa shape index (κ3) is 2.94. The fourth-order valence-corrected chi connectivity index (χ4v) is 3.80. The first-order valence-electron chi connectivity index (χ1n) is 5.37. The van der Waals surface area contributed by atoms with Crippen LogP contribution in [0.4, 0.5) is 5.69 Å². The Morgan fingerprint density at radius 3 is 2.67 bits per heavy atom. The Hall–Kier alpha value is -1.27. The van der Waals surface area contributed by atoms with Crippen molar-refractivity contribution in [3.63, 3.8) is 0 Å². The molecule has 1 aliphatic rings. The molecule has 1 aliphatic heterocycles. The average molecular weight is 290 g/mol. The van der Waals surface area contributed by atoms with Crippen LogP contribution in [0.2, 0.25) is 5.02 Å². The molecule has 98 valence electrons. The lowest BCUT2D eigenvalue weighted by Gasteiger charge is -2.14. The summed E-state index contributed by atoms with van der Waals surface area (Å²) in [6.45, 7) is 0. The van der Waals surface area contributed by atoms with Crippen molar-refractivity contribution >= 4 is 33.1 Å². The van der Waals surface area contributed by atoms with E-state index in [0.717, 1.165) is 0 Å². The van der Waals surface area contributed by atoms with Gasteiger partial charge in [0.15, 0.2) is 9.84 Å². The van der Waals surface area contributed by atoms with Crippen molar-refractivity contribution in [3.8, 4) is 0 Å². The van der Waals surface area contributed by atoms with E-state index in [1.807, 2.05) is 0 Å². The molecule has 1 fully saturated rings. The Labute approximate surface area is 110 Å². The second kappa shape index (κ2) is 4.78. The van der Waals surface area contributed by atoms with Crippen molar-refractivity contribution in [2.45, 2.75) is 12.5 Å². The molecule has 0 saturated carbocycles. The topological polar surface area (TPSA) is 83.5 Å². The Morgan fingerprint density at radius 2 is 2.17 bits per heavy atom. The summed E-state index contributed by atoms with van der Waals surface area (Å²) in [4.78, 5) is 10.7. The average Bonchev–Trinajstić information content (AvgIpc) is 2.61. The monoisotopic (exact) mass is 289 g/mol. The molecule has 0 aliphatic carbocycles. The summed E-state index contributed by atoms with van der Waals surface area (Å²) in [5.74, 6) is -0.786. The molecule has 2 rings (SSSR count). The number of benzene rings is 1. The number of sulfone groups is 1. The molecule has 1 heterocycles. The summed E-state index contributed by atoms with van der Waals surface area (Å²) < 4.78 is 22.6. The van der Waals surface area contributed by atoms with Crippen LogP contribution < -0.4 is 5.32 Å². The molecule has 1 aromatic rings. The Balaban J connectivity index is 2.13. The molecule has 1 saturated heterocycles. The molecule has 5 nitrogen and oxygen atoms in total. The summed E-state index contributed by atoms with van der Waals surface area (Å²) >= 11 is 5.95. The third-order valence-corrected chi connectivity index (χ3v) is 4.89. The molecule has 1 unspecified atom stereocenters. The molecule has 0 spiro atoms. The fraction of sp³-hybridized carbons (Fsp3) is 0.364. The SMILES string of the molecule is O=C(O)c1ccc(NC2CCS(=O)(=O)C2)c(Cl)c1. The highest BCUT2D eigenvalue weighted by Gasteiger charge is 2.28. The Bertz CT molecular complexity index is 585. The van der Waals surface area contributed by atoms with Crippen LogP contribution in [-0.4, -0.2) is 37.0 Å². The minimum absolute atomic E-state index is 0.0873. The van der Waals surface area contributed by atoms with E-state index in [-0.39, 0.29) is 28.1 Å². The van der Waals surface area contributed by atoms with E-state index in [9.17, 15) is 13.2 Å². The van der Waals surface area contributed by atoms with Gasteiger partial charge in [-0.15, -0.1) is 0 Å². The maximum atomic E-state index is 11.3. The number of nitrogens with one attached hydrogen (secondary N) is 1. The van der Waals surface area contributed by atoms with Crippen molar-refractivity contribution in [3.05, 3.63) is 28.8 Å². The highest BCUT2D eigenvalue weighted by atomic mass is 35.5. The van der Waals surface area contributed by atoms with E-state index < -0.39 is 15.8 Å². The number of hydrogen-bond acceptors (Lipinski definition) is 4. The predicted molar refractivity (Wildman–Crippen MR) is 69.1 cm³/mol. The van der Waals surface area contributed by atoms with Gasteiger partial charge in [-0.1, -0.05) is 11.6 Å². The molecule has 0 bridgehead atoms. The van der Waals surface area contributed by atoms with Crippen LogP contribution in [0.3, 0.4) is 0 Å². The highest BCUT2D eigenvalue weighted by molar-refractivity contribution is 7.91. The van der Waals surface area contributed by atoms with E-state index in [0.29, 0.717) is 12.1 Å². The minimum Gasteiger partial charge on any atom is -0.478 e. The van der Waals surface area contributed by atoms with Gasteiger partial charge in [0.05, 0.1) is 27.8 Å². The lowest BCUT2D eigenvalue weighted by atomic mass is 10.2. The van der Waals surface area contributed by atoms with E-state index in [1.54, 1.807) is 6.07 Å². The summed E-state index contributed by atoms with van der Waals surface area (Å²) in [6, 6.07) is 4.16. The quantitative estimate of drug-likeness (QED) is 0.884. The van der Waals surface area contributed by atoms with Gasteiger partial charge in [-0.25, -0.2) is 13.2 Å². The number of carboxylic acids is 1. The van der Waals surface area contributed by atoms with Crippen LogP contribution in [-0.2, 0) is 9.84 Å². The summed E-state index contributed by atoms with van der Waals surface area (Å²) in [5.41, 5.74) is 0.661. The van der Waals surface area contributed by atoms with Gasteiger partial charge in [0.2, 0.25) is 0 Å². The number of aromatic carboxylic acids is 1. The zero-order valence-electron chi connectivity index (χ0n) is 9.39. The van der Waals surface area contributed by atoms with Gasteiger partial charge in [-0.05, 0) is 24.6 Å². The standard InChI is InChI=1S/C11H12ClNO4S/c12-9-5-7(11(14)15)1-2-10(9)13-8-3-4-18(16,17)6-8/h1-2,5,8,13H,3-4,6H2,(H,14,15). The molecule has 0 radical (unpaired) electrons. The summed E-state index contributed by atoms with van der Waals surface area (Å²) in [6.07, 6.45) is 0.541. The lowest BCUT2D eigenvalue weighted by Crippen LogP contribution is -2.20. The molecule has 1 aromatic carbocycles. The minimum atomic E-state index is -2.95. The molecule has 1 atom stereocenters. The van der Waals surface area contributed by atoms with Crippen LogP contribution in [0.25, 0.3) is 0 Å². The van der Waals surface area contributed by atoms with Gasteiger partial charge in [-0.3, -0.25) is 0 Å². The van der Waals surface area contributed by atoms with Crippen LogP contribution in [0.15, 0.2) is 18.2 Å². The largest absolute Gasteiger partial charge is 0.478 e. The van der Waals surface area contributed by atoms with Crippen LogP contribution in [0, 0.1) is 0 Å². The second-order valence-corrected chi connectivity index (χ2v) is 6.88. The van der Waals surface area contributed by atoms with Gasteiger partial charge in [0.25, 0.3) is 0 Å². The fourth-order valence-electron chi connectivity index (χ4n) is 1.89. The van der Waals surface area contributed by atoms with Crippen LogP contribution in [0.5, 0.6) is 0 Å². The molecular weight excluding hydrogens is 278 g/mol. The van der Waals surface area contributed by atoms with E-state index in [2.05, 4.69) is 5.32 Å². The number of carboxylic acid groups (broad SMARTS) is 1. The van der Waals surface area contributed by atoms with E-state index >= 15 is 0 Å². The first-order chi connectivity index (χ1) is 8.37. The van der Waals surface area contributed by atoms with E-state index in [1.165, 1.54) is 12.1 Å². The third-order valence-electron chi connectivity index (χ3n) is 2.81. The molecular formula is C11H12ClNO4S. The van der Waals surface area contributed by atoms with Gasteiger partial charge in [-0.2, -0.15) is 0 Å². The molecule has 7 heteroatoms. The van der Waals surface area contributed by atoms with Gasteiger partial charge in [0, 0.05) is 6.04 Å². The van der Waals surface area contributed by atoms with Crippen molar-refractivity contribution in [2.75, 3.05) is 16.8 Å². The molecule has 18 heavy (non-hydrogen) atoms. The van der Waals surface area contributed by atoms with Gasteiger partial charge < -0.3 is 10.4 Å². The van der Waals surface area contributed by atoms with Gasteiger partial charge in [0.1, 0.15) is 0 Å². The zero-order valence-corrected chi connectivity index (χ0v) is 11.0.